The molecule has 1 aliphatic heterocycles. The minimum absolute atomic E-state index is 0.0199. The molecule has 0 atom stereocenters. The first kappa shape index (κ1) is 29.8. The molecule has 0 saturated carbocycles. The number of aromatic nitrogens is 2. The standard InChI is InChI=1S/C26H35N7O5S2/c1-32(2)12-11-27-22-10-9-21-25(29-22)39-26(28-21)30-24(34)23(31-33-13-16-38-17-14-33)19-5-7-20(8-6-19)40(35,36)18-4-15-37-3/h5-10H,4,11-18H2,1-3H3,(H,27,29)(H,28,30,34)/b31-23+. The highest BCUT2D eigenvalue weighted by Crippen LogP contribution is 2.26. The van der Waals surface area contributed by atoms with Crippen LogP contribution in [-0.4, -0.2) is 113 Å². The number of thiazole rings is 1. The maximum atomic E-state index is 13.5. The summed E-state index contributed by atoms with van der Waals surface area (Å²) in [4.78, 5) is 25.6. The van der Waals surface area contributed by atoms with Gasteiger partial charge in [0.1, 0.15) is 16.2 Å². The molecule has 1 saturated heterocycles. The Bertz CT molecular complexity index is 1420. The number of nitrogens with one attached hydrogen (secondary N) is 2. The van der Waals surface area contributed by atoms with E-state index in [0.29, 0.717) is 60.4 Å². The highest BCUT2D eigenvalue weighted by atomic mass is 32.2. The Kier molecular flexibility index (Phi) is 10.4. The van der Waals surface area contributed by atoms with Gasteiger partial charge in [0, 0.05) is 32.4 Å². The van der Waals surface area contributed by atoms with Crippen LogP contribution in [0, 0.1) is 0 Å². The predicted molar refractivity (Wildman–Crippen MR) is 157 cm³/mol. The molecule has 1 aliphatic rings. The van der Waals surface area contributed by atoms with Crippen molar-refractivity contribution >= 4 is 54.1 Å². The molecule has 2 aromatic heterocycles. The SMILES string of the molecule is COCCCS(=O)(=O)c1ccc(/C(=N\N2CCOCC2)C(=O)Nc2nc3ccc(NCCN(C)C)nc3s2)cc1. The topological polar surface area (TPSA) is 138 Å². The number of anilines is 2. The molecule has 3 heterocycles. The Balaban J connectivity index is 1.54. The zero-order chi connectivity index (χ0) is 28.5. The van der Waals surface area contributed by atoms with E-state index >= 15 is 0 Å². The summed E-state index contributed by atoms with van der Waals surface area (Å²) in [7, 11) is 2.08. The van der Waals surface area contributed by atoms with Crippen molar-refractivity contribution in [1.29, 1.82) is 0 Å². The molecule has 12 nitrogen and oxygen atoms in total. The van der Waals surface area contributed by atoms with Gasteiger partial charge in [-0.3, -0.25) is 15.1 Å². The largest absolute Gasteiger partial charge is 0.385 e. The van der Waals surface area contributed by atoms with E-state index in [2.05, 4.69) is 30.6 Å². The van der Waals surface area contributed by atoms with Crippen molar-refractivity contribution < 1.29 is 22.7 Å². The van der Waals surface area contributed by atoms with E-state index in [4.69, 9.17) is 9.47 Å². The summed E-state index contributed by atoms with van der Waals surface area (Å²) in [5.74, 6) is 0.266. The van der Waals surface area contributed by atoms with Crippen molar-refractivity contribution in [3.8, 4) is 0 Å². The number of hydrogen-bond donors (Lipinski definition) is 2. The number of fused-ring (bicyclic) bond motifs is 1. The summed E-state index contributed by atoms with van der Waals surface area (Å²) < 4.78 is 35.7. The first-order chi connectivity index (χ1) is 19.2. The zero-order valence-corrected chi connectivity index (χ0v) is 24.6. The average Bonchev–Trinajstić information content (AvgIpc) is 3.33. The molecular weight excluding hydrogens is 554 g/mol. The van der Waals surface area contributed by atoms with Crippen LogP contribution >= 0.6 is 11.3 Å². The van der Waals surface area contributed by atoms with E-state index in [-0.39, 0.29) is 16.4 Å². The van der Waals surface area contributed by atoms with E-state index in [1.165, 1.54) is 30.6 Å². The summed E-state index contributed by atoms with van der Waals surface area (Å²) in [6.07, 6.45) is 0.400. The third-order valence-corrected chi connectivity index (χ3v) is 8.73. The van der Waals surface area contributed by atoms with E-state index in [1.54, 1.807) is 17.1 Å². The highest BCUT2D eigenvalue weighted by Gasteiger charge is 2.21. The molecule has 3 aromatic rings. The summed E-state index contributed by atoms with van der Waals surface area (Å²) in [6, 6.07) is 9.94. The van der Waals surface area contributed by atoms with E-state index < -0.39 is 15.7 Å². The van der Waals surface area contributed by atoms with Crippen LogP contribution in [0.4, 0.5) is 10.9 Å². The van der Waals surface area contributed by atoms with Crippen molar-refractivity contribution in [3.05, 3.63) is 42.0 Å². The molecule has 0 spiro atoms. The lowest BCUT2D eigenvalue weighted by Gasteiger charge is -2.24. The number of morpholine rings is 1. The third kappa shape index (κ3) is 8.17. The highest BCUT2D eigenvalue weighted by molar-refractivity contribution is 7.91. The molecule has 14 heteroatoms. The van der Waals surface area contributed by atoms with Crippen molar-refractivity contribution in [1.82, 2.24) is 19.9 Å². The maximum absolute atomic E-state index is 13.5. The number of ether oxygens (including phenoxy) is 2. The minimum Gasteiger partial charge on any atom is -0.385 e. The summed E-state index contributed by atoms with van der Waals surface area (Å²) >= 11 is 1.27. The smallest absolute Gasteiger partial charge is 0.278 e. The number of hydrazone groups is 1. The van der Waals surface area contributed by atoms with Gasteiger partial charge in [0.25, 0.3) is 5.91 Å². The number of amides is 1. The van der Waals surface area contributed by atoms with Crippen LogP contribution in [0.5, 0.6) is 0 Å². The van der Waals surface area contributed by atoms with Crippen LogP contribution in [0.3, 0.4) is 0 Å². The quantitative estimate of drug-likeness (QED) is 0.225. The molecule has 2 N–H and O–H groups in total. The maximum Gasteiger partial charge on any atom is 0.278 e. The van der Waals surface area contributed by atoms with Crippen LogP contribution in [0.1, 0.15) is 12.0 Å². The van der Waals surface area contributed by atoms with Gasteiger partial charge in [0.2, 0.25) is 0 Å². The summed E-state index contributed by atoms with van der Waals surface area (Å²) in [5.41, 5.74) is 1.32. The molecule has 1 fully saturated rings. The fourth-order valence-corrected chi connectivity index (χ4v) is 6.01. The number of likely N-dealkylation sites (N-methyl/N-ethyl adjacent to an activating group) is 1. The van der Waals surface area contributed by atoms with Crippen molar-refractivity contribution in [2.45, 2.75) is 11.3 Å². The van der Waals surface area contributed by atoms with Crippen molar-refractivity contribution in [2.75, 3.05) is 83.6 Å². The van der Waals surface area contributed by atoms with Gasteiger partial charge in [-0.25, -0.2) is 18.4 Å². The van der Waals surface area contributed by atoms with Gasteiger partial charge in [-0.05, 0) is 44.8 Å². The van der Waals surface area contributed by atoms with Gasteiger partial charge < -0.3 is 19.7 Å². The molecule has 0 radical (unpaired) electrons. The molecule has 1 amide bonds. The Labute approximate surface area is 238 Å². The summed E-state index contributed by atoms with van der Waals surface area (Å²) in [5, 5.41) is 12.9. The predicted octanol–water partition coefficient (Wildman–Crippen LogP) is 2.15. The van der Waals surface area contributed by atoms with Crippen LogP contribution in [0.2, 0.25) is 0 Å². The monoisotopic (exact) mass is 589 g/mol. The van der Waals surface area contributed by atoms with Crippen molar-refractivity contribution in [2.24, 2.45) is 5.10 Å². The molecule has 40 heavy (non-hydrogen) atoms. The molecule has 216 valence electrons. The normalized spacial score (nSPS) is 14.6. The lowest BCUT2D eigenvalue weighted by molar-refractivity contribution is -0.110. The molecular formula is C26H35N7O5S2. The molecule has 0 unspecified atom stereocenters. The zero-order valence-electron chi connectivity index (χ0n) is 22.9. The Morgan fingerprint density at radius 3 is 2.60 bits per heavy atom. The van der Waals surface area contributed by atoms with E-state index in [9.17, 15) is 13.2 Å². The van der Waals surface area contributed by atoms with Gasteiger partial charge >= 0.3 is 0 Å². The number of benzene rings is 1. The van der Waals surface area contributed by atoms with Gasteiger partial charge in [0.15, 0.2) is 20.7 Å². The van der Waals surface area contributed by atoms with Crippen LogP contribution < -0.4 is 10.6 Å². The van der Waals surface area contributed by atoms with Gasteiger partial charge in [0.05, 0.1) is 37.0 Å². The van der Waals surface area contributed by atoms with Crippen LogP contribution in [0.25, 0.3) is 10.3 Å². The molecule has 1 aromatic carbocycles. The number of rotatable bonds is 13. The van der Waals surface area contributed by atoms with Crippen LogP contribution in [-0.2, 0) is 24.1 Å². The Morgan fingerprint density at radius 1 is 1.15 bits per heavy atom. The fourth-order valence-electron chi connectivity index (χ4n) is 3.89. The van der Waals surface area contributed by atoms with Crippen molar-refractivity contribution in [3.63, 3.8) is 0 Å². The first-order valence-corrected chi connectivity index (χ1v) is 15.4. The van der Waals surface area contributed by atoms with Crippen LogP contribution in [0.15, 0.2) is 46.4 Å². The average molecular weight is 590 g/mol. The molecule has 4 rings (SSSR count). The van der Waals surface area contributed by atoms with E-state index in [0.717, 1.165) is 18.9 Å². The first-order valence-electron chi connectivity index (χ1n) is 13.0. The second kappa shape index (κ2) is 13.9. The lowest BCUT2D eigenvalue weighted by Crippen LogP contribution is -2.35. The summed E-state index contributed by atoms with van der Waals surface area (Å²) in [6.45, 7) is 4.08. The number of nitrogens with zero attached hydrogens (tertiary/aromatic N) is 5. The Morgan fingerprint density at radius 2 is 1.90 bits per heavy atom. The second-order valence-corrected chi connectivity index (χ2v) is 12.5. The number of methoxy groups -OCH3 is 1. The fraction of sp³-hybridized carbons (Fsp3) is 0.462. The van der Waals surface area contributed by atoms with Gasteiger partial charge in [-0.15, -0.1) is 0 Å². The number of carbonyl (C=O) groups excluding carboxylic acids is 1. The second-order valence-electron chi connectivity index (χ2n) is 9.43. The number of sulfone groups is 1. The van der Waals surface area contributed by atoms with Gasteiger partial charge in [-0.1, -0.05) is 23.5 Å². The molecule has 0 aliphatic carbocycles. The van der Waals surface area contributed by atoms with E-state index in [1.807, 2.05) is 26.2 Å². The number of hydrogen-bond acceptors (Lipinski definition) is 12. The lowest BCUT2D eigenvalue weighted by atomic mass is 10.1. The third-order valence-electron chi connectivity index (χ3n) is 6.03. The number of carbonyl (C=O) groups is 1. The molecule has 0 bridgehead atoms. The minimum atomic E-state index is -3.47. The van der Waals surface area contributed by atoms with Gasteiger partial charge in [-0.2, -0.15) is 5.10 Å². The number of pyridine rings is 1. The Hall–Kier alpha value is -3.17.